The molecule has 1 saturated heterocycles. The lowest BCUT2D eigenvalue weighted by Gasteiger charge is -2.36. The summed E-state index contributed by atoms with van der Waals surface area (Å²) in [6.07, 6.45) is 2.28. The first-order valence-corrected chi connectivity index (χ1v) is 10.7. The fourth-order valence-corrected chi connectivity index (χ4v) is 4.64. The van der Waals surface area contributed by atoms with Crippen molar-refractivity contribution in [3.63, 3.8) is 0 Å². The van der Waals surface area contributed by atoms with Crippen LogP contribution in [0.4, 0.5) is 5.69 Å². The summed E-state index contributed by atoms with van der Waals surface area (Å²) in [6.45, 7) is 6.64. The quantitative estimate of drug-likeness (QED) is 0.680. The molecule has 1 amide bonds. The van der Waals surface area contributed by atoms with Crippen LogP contribution in [0.25, 0.3) is 0 Å². The second-order valence-corrected chi connectivity index (χ2v) is 8.89. The van der Waals surface area contributed by atoms with Gasteiger partial charge in [0, 0.05) is 47.0 Å². The average Bonchev–Trinajstić information content (AvgIpc) is 3.08. The number of anilines is 1. The predicted molar refractivity (Wildman–Crippen MR) is 118 cm³/mol. The van der Waals surface area contributed by atoms with E-state index < -0.39 is 0 Å². The van der Waals surface area contributed by atoms with Gasteiger partial charge in [0.15, 0.2) is 0 Å². The molecule has 0 aromatic heterocycles. The van der Waals surface area contributed by atoms with Crippen LogP contribution in [0.15, 0.2) is 36.4 Å². The van der Waals surface area contributed by atoms with E-state index in [1.807, 2.05) is 18.2 Å². The normalized spacial score (nSPS) is 20.5. The van der Waals surface area contributed by atoms with Gasteiger partial charge in [0.25, 0.3) is 5.91 Å². The molecule has 1 N–H and O–H groups in total. The van der Waals surface area contributed by atoms with E-state index in [2.05, 4.69) is 69.9 Å². The van der Waals surface area contributed by atoms with E-state index in [1.54, 1.807) is 0 Å². The van der Waals surface area contributed by atoms with Crippen molar-refractivity contribution in [2.24, 2.45) is 0 Å². The highest BCUT2D eigenvalue weighted by molar-refractivity contribution is 14.1. The lowest BCUT2D eigenvalue weighted by Crippen LogP contribution is -2.45. The van der Waals surface area contributed by atoms with Crippen molar-refractivity contribution >= 4 is 34.2 Å². The molecular weight excluding hydrogens is 449 g/mol. The number of hydrogen-bond acceptors (Lipinski definition) is 3. The molecule has 1 unspecified atom stereocenters. The van der Waals surface area contributed by atoms with Gasteiger partial charge < -0.3 is 10.2 Å². The summed E-state index contributed by atoms with van der Waals surface area (Å²) in [5.74, 6) is -0.0403. The summed E-state index contributed by atoms with van der Waals surface area (Å²) in [7, 11) is 2.20. The number of carbonyl (C=O) groups is 1. The molecule has 0 saturated carbocycles. The van der Waals surface area contributed by atoms with Gasteiger partial charge in [-0.15, -0.1) is 0 Å². The smallest absolute Gasteiger partial charge is 0.255 e. The van der Waals surface area contributed by atoms with Gasteiger partial charge in [0.2, 0.25) is 0 Å². The Morgan fingerprint density at radius 1 is 1.11 bits per heavy atom. The third-order valence-electron chi connectivity index (χ3n) is 5.86. The van der Waals surface area contributed by atoms with Crippen LogP contribution in [-0.2, 0) is 6.42 Å². The maximum absolute atomic E-state index is 12.6. The zero-order valence-electron chi connectivity index (χ0n) is 16.0. The number of aryl methyl sites for hydroxylation is 2. The van der Waals surface area contributed by atoms with E-state index in [4.69, 9.17) is 0 Å². The van der Waals surface area contributed by atoms with Crippen molar-refractivity contribution in [3.05, 3.63) is 62.2 Å². The maximum atomic E-state index is 12.6. The number of nitrogens with one attached hydrogen (secondary N) is 1. The van der Waals surface area contributed by atoms with Gasteiger partial charge >= 0.3 is 0 Å². The first-order valence-electron chi connectivity index (χ1n) is 9.64. The Morgan fingerprint density at radius 3 is 2.63 bits per heavy atom. The first-order chi connectivity index (χ1) is 13.0. The maximum Gasteiger partial charge on any atom is 0.255 e. The fourth-order valence-electron chi connectivity index (χ4n) is 4.12. The Kier molecular flexibility index (Phi) is 5.53. The van der Waals surface area contributed by atoms with Gasteiger partial charge in [0.1, 0.15) is 0 Å². The molecule has 2 aromatic rings. The van der Waals surface area contributed by atoms with Crippen LogP contribution in [0.5, 0.6) is 0 Å². The molecule has 2 aromatic carbocycles. The minimum Gasteiger partial charge on any atom is -0.322 e. The largest absolute Gasteiger partial charge is 0.322 e. The minimum absolute atomic E-state index is 0.0403. The van der Waals surface area contributed by atoms with Crippen molar-refractivity contribution in [2.75, 3.05) is 38.5 Å². The van der Waals surface area contributed by atoms with E-state index in [9.17, 15) is 4.79 Å². The standard InChI is InChI=1S/C22H26IN3O/c1-15-3-4-17(14-20(15)23)22(27)24-18-6-7-19-16(13-18)5-8-21(19)26-11-9-25(2)10-12-26/h3-4,6-7,13-14,21H,5,8-12H2,1-2H3,(H,24,27). The molecule has 1 fully saturated rings. The van der Waals surface area contributed by atoms with E-state index in [-0.39, 0.29) is 5.91 Å². The van der Waals surface area contributed by atoms with Crippen molar-refractivity contribution < 1.29 is 4.79 Å². The molecule has 4 rings (SSSR count). The van der Waals surface area contributed by atoms with Crippen LogP contribution in [0.2, 0.25) is 0 Å². The van der Waals surface area contributed by atoms with Crippen LogP contribution in [0.3, 0.4) is 0 Å². The Balaban J connectivity index is 1.47. The van der Waals surface area contributed by atoms with Gasteiger partial charge in [-0.05, 0) is 90.4 Å². The number of halogens is 1. The fraction of sp³-hybridized carbons (Fsp3) is 0.409. The van der Waals surface area contributed by atoms with Crippen molar-refractivity contribution in [2.45, 2.75) is 25.8 Å². The van der Waals surface area contributed by atoms with Crippen molar-refractivity contribution in [1.82, 2.24) is 9.80 Å². The third kappa shape index (κ3) is 4.05. The molecule has 1 aliphatic heterocycles. The number of fused-ring (bicyclic) bond motifs is 1. The number of piperazine rings is 1. The van der Waals surface area contributed by atoms with Crippen LogP contribution < -0.4 is 5.32 Å². The summed E-state index contributed by atoms with van der Waals surface area (Å²) in [5.41, 5.74) is 5.63. The number of amides is 1. The SMILES string of the molecule is Cc1ccc(C(=O)Nc2ccc3c(c2)CCC3N2CCN(C)CC2)cc1I. The second-order valence-electron chi connectivity index (χ2n) is 7.73. The van der Waals surface area contributed by atoms with Gasteiger partial charge in [-0.2, -0.15) is 0 Å². The zero-order valence-corrected chi connectivity index (χ0v) is 18.1. The van der Waals surface area contributed by atoms with Crippen LogP contribution in [0.1, 0.15) is 39.5 Å². The predicted octanol–water partition coefficient (Wildman–Crippen LogP) is 4.09. The number of nitrogens with zero attached hydrogens (tertiary/aromatic N) is 2. The molecule has 1 heterocycles. The highest BCUT2D eigenvalue weighted by Crippen LogP contribution is 2.37. The lowest BCUT2D eigenvalue weighted by atomic mass is 10.0. The lowest BCUT2D eigenvalue weighted by molar-refractivity contribution is 0.102. The van der Waals surface area contributed by atoms with Crippen molar-refractivity contribution in [3.8, 4) is 0 Å². The number of rotatable bonds is 3. The Labute approximate surface area is 175 Å². The van der Waals surface area contributed by atoms with Gasteiger partial charge in [0.05, 0.1) is 0 Å². The zero-order chi connectivity index (χ0) is 19.0. The molecule has 4 nitrogen and oxygen atoms in total. The molecule has 0 spiro atoms. The van der Waals surface area contributed by atoms with E-state index in [1.165, 1.54) is 23.1 Å². The molecular formula is C22H26IN3O. The van der Waals surface area contributed by atoms with Gasteiger partial charge in [-0.25, -0.2) is 0 Å². The molecule has 142 valence electrons. The third-order valence-corrected chi connectivity index (χ3v) is 7.02. The van der Waals surface area contributed by atoms with Gasteiger partial charge in [-0.1, -0.05) is 12.1 Å². The monoisotopic (exact) mass is 475 g/mol. The molecule has 0 bridgehead atoms. The number of carbonyl (C=O) groups excluding carboxylic acids is 1. The van der Waals surface area contributed by atoms with Crippen molar-refractivity contribution in [1.29, 1.82) is 0 Å². The summed E-state index contributed by atoms with van der Waals surface area (Å²) >= 11 is 2.28. The summed E-state index contributed by atoms with van der Waals surface area (Å²) in [4.78, 5) is 17.6. The Bertz CT molecular complexity index is 859. The number of hydrogen-bond donors (Lipinski definition) is 1. The average molecular weight is 475 g/mol. The Hall–Kier alpha value is -1.44. The van der Waals surface area contributed by atoms with Crippen LogP contribution in [-0.4, -0.2) is 48.9 Å². The summed E-state index contributed by atoms with van der Waals surface area (Å²) in [5, 5.41) is 3.07. The van der Waals surface area contributed by atoms with E-state index in [0.29, 0.717) is 11.6 Å². The number of likely N-dealkylation sites (N-methyl/N-ethyl adjacent to an activating group) is 1. The summed E-state index contributed by atoms with van der Waals surface area (Å²) < 4.78 is 1.12. The van der Waals surface area contributed by atoms with E-state index in [0.717, 1.165) is 41.9 Å². The molecule has 0 radical (unpaired) electrons. The first kappa shape index (κ1) is 18.9. The van der Waals surface area contributed by atoms with Gasteiger partial charge in [-0.3, -0.25) is 9.69 Å². The molecule has 5 heteroatoms. The molecule has 1 atom stereocenters. The van der Waals surface area contributed by atoms with Crippen LogP contribution in [0, 0.1) is 10.5 Å². The molecule has 27 heavy (non-hydrogen) atoms. The highest BCUT2D eigenvalue weighted by Gasteiger charge is 2.29. The summed E-state index contributed by atoms with van der Waals surface area (Å²) in [6, 6.07) is 12.8. The topological polar surface area (TPSA) is 35.6 Å². The van der Waals surface area contributed by atoms with E-state index >= 15 is 0 Å². The Morgan fingerprint density at radius 2 is 1.89 bits per heavy atom. The highest BCUT2D eigenvalue weighted by atomic mass is 127. The number of benzene rings is 2. The molecule has 2 aliphatic rings. The van der Waals surface area contributed by atoms with Crippen LogP contribution >= 0.6 is 22.6 Å². The molecule has 1 aliphatic carbocycles. The minimum atomic E-state index is -0.0403. The second kappa shape index (κ2) is 7.89.